The second-order valence-corrected chi connectivity index (χ2v) is 6.45. The van der Waals surface area contributed by atoms with Gasteiger partial charge >= 0.3 is 0 Å². The van der Waals surface area contributed by atoms with Gasteiger partial charge < -0.3 is 14.8 Å². The van der Waals surface area contributed by atoms with Crippen molar-refractivity contribution >= 4 is 29.3 Å². The van der Waals surface area contributed by atoms with Gasteiger partial charge in [-0.3, -0.25) is 4.79 Å². The highest BCUT2D eigenvalue weighted by atomic mass is 35.5. The molecule has 0 saturated carbocycles. The van der Waals surface area contributed by atoms with Crippen molar-refractivity contribution < 1.29 is 14.3 Å². The number of hydrogen-bond acceptors (Lipinski definition) is 3. The minimum atomic E-state index is -0.273. The minimum absolute atomic E-state index is 0.273. The summed E-state index contributed by atoms with van der Waals surface area (Å²) in [5.74, 6) is 1.05. The van der Waals surface area contributed by atoms with Crippen molar-refractivity contribution in [2.45, 2.75) is 6.61 Å². The van der Waals surface area contributed by atoms with Gasteiger partial charge in [0.2, 0.25) is 5.91 Å². The summed E-state index contributed by atoms with van der Waals surface area (Å²) in [5.41, 5.74) is 2.52. The Labute approximate surface area is 169 Å². The Balaban J connectivity index is 1.56. The van der Waals surface area contributed by atoms with Crippen molar-refractivity contribution in [3.63, 3.8) is 0 Å². The highest BCUT2D eigenvalue weighted by molar-refractivity contribution is 6.31. The summed E-state index contributed by atoms with van der Waals surface area (Å²) < 4.78 is 11.0. The Morgan fingerprint density at radius 1 is 1.04 bits per heavy atom. The molecule has 3 aromatic rings. The summed E-state index contributed by atoms with van der Waals surface area (Å²) >= 11 is 5.97. The number of carbonyl (C=O) groups is 1. The van der Waals surface area contributed by atoms with E-state index in [2.05, 4.69) is 5.32 Å². The predicted octanol–water partition coefficient (Wildman–Crippen LogP) is 5.58. The zero-order chi connectivity index (χ0) is 19.8. The number of benzene rings is 3. The molecule has 0 aliphatic heterocycles. The third-order valence-corrected chi connectivity index (χ3v) is 4.21. The molecule has 0 aliphatic rings. The first-order valence-electron chi connectivity index (χ1n) is 8.73. The maximum absolute atomic E-state index is 12.2. The topological polar surface area (TPSA) is 47.6 Å². The number of methoxy groups -OCH3 is 1. The fourth-order valence-corrected chi connectivity index (χ4v) is 2.71. The Kier molecular flexibility index (Phi) is 6.71. The van der Waals surface area contributed by atoms with Crippen molar-refractivity contribution in [1.82, 2.24) is 0 Å². The maximum atomic E-state index is 12.2. The molecule has 0 atom stereocenters. The van der Waals surface area contributed by atoms with E-state index in [9.17, 15) is 4.79 Å². The third kappa shape index (κ3) is 5.63. The van der Waals surface area contributed by atoms with Crippen LogP contribution in [0.15, 0.2) is 78.9 Å². The monoisotopic (exact) mass is 393 g/mol. The number of nitrogens with one attached hydrogen (secondary N) is 1. The fourth-order valence-electron chi connectivity index (χ4n) is 2.54. The third-order valence-electron chi connectivity index (χ3n) is 3.97. The number of ether oxygens (including phenoxy) is 2. The van der Waals surface area contributed by atoms with Crippen molar-refractivity contribution in [2.75, 3.05) is 12.4 Å². The van der Waals surface area contributed by atoms with Gasteiger partial charge in [0, 0.05) is 11.1 Å². The van der Waals surface area contributed by atoms with Crippen LogP contribution in [-0.4, -0.2) is 13.0 Å². The zero-order valence-corrected chi connectivity index (χ0v) is 16.1. The van der Waals surface area contributed by atoms with E-state index in [1.54, 1.807) is 24.3 Å². The van der Waals surface area contributed by atoms with Gasteiger partial charge in [-0.15, -0.1) is 0 Å². The first-order valence-corrected chi connectivity index (χ1v) is 9.11. The van der Waals surface area contributed by atoms with Crippen molar-refractivity contribution in [3.05, 3.63) is 95.0 Å². The van der Waals surface area contributed by atoms with E-state index in [-0.39, 0.29) is 5.91 Å². The smallest absolute Gasteiger partial charge is 0.248 e. The molecule has 28 heavy (non-hydrogen) atoms. The van der Waals surface area contributed by atoms with E-state index in [0.29, 0.717) is 23.1 Å². The van der Waals surface area contributed by atoms with Crippen LogP contribution < -0.4 is 14.8 Å². The Hall–Kier alpha value is -3.24. The molecule has 0 aromatic heterocycles. The van der Waals surface area contributed by atoms with Crippen LogP contribution in [0.5, 0.6) is 11.5 Å². The molecule has 4 nitrogen and oxygen atoms in total. The molecular formula is C23H20ClNO3. The lowest BCUT2D eigenvalue weighted by molar-refractivity contribution is -0.111. The molecule has 142 valence electrons. The van der Waals surface area contributed by atoms with Gasteiger partial charge in [0.05, 0.1) is 12.8 Å². The molecule has 0 aliphatic carbocycles. The first-order chi connectivity index (χ1) is 13.6. The molecule has 3 aromatic carbocycles. The van der Waals surface area contributed by atoms with E-state index >= 15 is 0 Å². The lowest BCUT2D eigenvalue weighted by Crippen LogP contribution is -2.08. The van der Waals surface area contributed by atoms with Crippen molar-refractivity contribution in [1.29, 1.82) is 0 Å². The maximum Gasteiger partial charge on any atom is 0.248 e. The Bertz CT molecular complexity index is 953. The normalized spacial score (nSPS) is 10.6. The molecule has 0 heterocycles. The SMILES string of the molecule is COc1ccc(Cl)cc1NC(=O)C=Cc1ccc(OCc2ccccc2)cc1. The van der Waals surface area contributed by atoms with E-state index in [0.717, 1.165) is 16.9 Å². The summed E-state index contributed by atoms with van der Waals surface area (Å²) in [7, 11) is 1.54. The molecule has 0 fully saturated rings. The van der Waals surface area contributed by atoms with Crippen molar-refractivity contribution in [3.8, 4) is 11.5 Å². The second-order valence-electron chi connectivity index (χ2n) is 6.01. The lowest BCUT2D eigenvalue weighted by Gasteiger charge is -2.09. The molecule has 1 amide bonds. The summed E-state index contributed by atoms with van der Waals surface area (Å²) in [6, 6.07) is 22.6. The van der Waals surface area contributed by atoms with Gasteiger partial charge in [0.15, 0.2) is 0 Å². The Morgan fingerprint density at radius 3 is 2.50 bits per heavy atom. The molecule has 0 radical (unpaired) electrons. The van der Waals surface area contributed by atoms with Crippen LogP contribution in [-0.2, 0) is 11.4 Å². The second kappa shape index (κ2) is 9.62. The standard InChI is InChI=1S/C23H20ClNO3/c1-27-22-13-10-19(24)15-21(22)25-23(26)14-9-17-7-11-20(12-8-17)28-16-18-5-3-2-4-6-18/h2-15H,16H2,1H3,(H,25,26). The van der Waals surface area contributed by atoms with Crippen molar-refractivity contribution in [2.24, 2.45) is 0 Å². The van der Waals surface area contributed by atoms with Gasteiger partial charge in [-0.2, -0.15) is 0 Å². The molecule has 3 rings (SSSR count). The van der Waals surface area contributed by atoms with Crippen LogP contribution in [0.1, 0.15) is 11.1 Å². The average molecular weight is 394 g/mol. The number of carbonyl (C=O) groups excluding carboxylic acids is 1. The molecule has 0 unspecified atom stereocenters. The van der Waals surface area contributed by atoms with Crippen LogP contribution >= 0.6 is 11.6 Å². The Morgan fingerprint density at radius 2 is 1.79 bits per heavy atom. The first kappa shape index (κ1) is 19.5. The van der Waals surface area contributed by atoms with E-state index in [1.807, 2.05) is 54.6 Å². The highest BCUT2D eigenvalue weighted by Gasteiger charge is 2.06. The minimum Gasteiger partial charge on any atom is -0.495 e. The number of hydrogen-bond donors (Lipinski definition) is 1. The molecular weight excluding hydrogens is 374 g/mol. The quantitative estimate of drug-likeness (QED) is 0.533. The van der Waals surface area contributed by atoms with Crippen LogP contribution in [0.3, 0.4) is 0 Å². The molecule has 1 N–H and O–H groups in total. The number of rotatable bonds is 7. The summed E-state index contributed by atoms with van der Waals surface area (Å²) in [4.78, 5) is 12.2. The van der Waals surface area contributed by atoms with Gasteiger partial charge in [-0.05, 0) is 47.5 Å². The van der Waals surface area contributed by atoms with E-state index in [1.165, 1.54) is 13.2 Å². The molecule has 0 spiro atoms. The summed E-state index contributed by atoms with van der Waals surface area (Å²) in [5, 5.41) is 3.28. The summed E-state index contributed by atoms with van der Waals surface area (Å²) in [6.07, 6.45) is 3.19. The van der Waals surface area contributed by atoms with Crippen LogP contribution in [0.2, 0.25) is 5.02 Å². The van der Waals surface area contributed by atoms with E-state index < -0.39 is 0 Å². The van der Waals surface area contributed by atoms with Crippen LogP contribution in [0.25, 0.3) is 6.08 Å². The van der Waals surface area contributed by atoms with Crippen LogP contribution in [0, 0.1) is 0 Å². The molecule has 0 bridgehead atoms. The number of anilines is 1. The average Bonchev–Trinajstić information content (AvgIpc) is 2.72. The molecule has 0 saturated heterocycles. The number of amides is 1. The van der Waals surface area contributed by atoms with Gasteiger partial charge in [0.1, 0.15) is 18.1 Å². The number of halogens is 1. The largest absolute Gasteiger partial charge is 0.495 e. The molecule has 5 heteroatoms. The van der Waals surface area contributed by atoms with Gasteiger partial charge in [-0.1, -0.05) is 54.1 Å². The highest BCUT2D eigenvalue weighted by Crippen LogP contribution is 2.27. The van der Waals surface area contributed by atoms with Crippen LogP contribution in [0.4, 0.5) is 5.69 Å². The van der Waals surface area contributed by atoms with E-state index in [4.69, 9.17) is 21.1 Å². The van der Waals surface area contributed by atoms with Gasteiger partial charge in [-0.25, -0.2) is 0 Å². The lowest BCUT2D eigenvalue weighted by atomic mass is 10.2. The summed E-state index contributed by atoms with van der Waals surface area (Å²) in [6.45, 7) is 0.514. The zero-order valence-electron chi connectivity index (χ0n) is 15.4. The van der Waals surface area contributed by atoms with Gasteiger partial charge in [0.25, 0.3) is 0 Å². The fraction of sp³-hybridized carbons (Fsp3) is 0.0870. The predicted molar refractivity (Wildman–Crippen MR) is 113 cm³/mol.